The van der Waals surface area contributed by atoms with Crippen LogP contribution >= 0.6 is 0 Å². The van der Waals surface area contributed by atoms with E-state index in [1.165, 1.54) is 0 Å². The largest absolute Gasteiger partial charge is 0.489 e. The Morgan fingerprint density at radius 1 is 1.14 bits per heavy atom. The van der Waals surface area contributed by atoms with E-state index in [0.29, 0.717) is 12.3 Å². The lowest BCUT2D eigenvalue weighted by molar-refractivity contribution is 0.0949. The minimum atomic E-state index is -0.349. The first-order valence-corrected chi connectivity index (χ1v) is 6.57. The Kier molecular flexibility index (Phi) is 3.57. The van der Waals surface area contributed by atoms with Gasteiger partial charge in [-0.25, -0.2) is 5.84 Å². The molecule has 0 fully saturated rings. The van der Waals surface area contributed by atoms with Crippen molar-refractivity contribution in [2.45, 2.75) is 6.61 Å². The van der Waals surface area contributed by atoms with Crippen LogP contribution in [0.3, 0.4) is 0 Å². The molecule has 106 valence electrons. The fourth-order valence-electron chi connectivity index (χ4n) is 2.14. The number of aromatic amines is 1. The Balaban J connectivity index is 1.79. The summed E-state index contributed by atoms with van der Waals surface area (Å²) in [6.07, 6.45) is 0. The van der Waals surface area contributed by atoms with Crippen molar-refractivity contribution in [1.82, 2.24) is 10.4 Å². The number of H-pyrrole nitrogens is 1. The zero-order valence-corrected chi connectivity index (χ0v) is 11.3. The van der Waals surface area contributed by atoms with Gasteiger partial charge in [0.05, 0.1) is 0 Å². The molecule has 0 unspecified atom stereocenters. The summed E-state index contributed by atoms with van der Waals surface area (Å²) in [5, 5.41) is 0.931. The average molecular weight is 281 g/mol. The van der Waals surface area contributed by atoms with Gasteiger partial charge in [-0.1, -0.05) is 30.3 Å². The third-order valence-electron chi connectivity index (χ3n) is 3.22. The first-order chi connectivity index (χ1) is 10.3. The zero-order chi connectivity index (χ0) is 14.7. The van der Waals surface area contributed by atoms with Crippen LogP contribution in [0.5, 0.6) is 5.75 Å². The fourth-order valence-corrected chi connectivity index (χ4v) is 2.14. The van der Waals surface area contributed by atoms with E-state index in [9.17, 15) is 4.79 Å². The van der Waals surface area contributed by atoms with Crippen LogP contribution in [0.15, 0.2) is 54.6 Å². The highest BCUT2D eigenvalue weighted by atomic mass is 16.5. The number of fused-ring (bicyclic) bond motifs is 1. The second kappa shape index (κ2) is 5.68. The molecule has 3 rings (SSSR count). The number of nitrogens with one attached hydrogen (secondary N) is 2. The summed E-state index contributed by atoms with van der Waals surface area (Å²) in [7, 11) is 0. The van der Waals surface area contributed by atoms with E-state index in [2.05, 4.69) is 10.4 Å². The van der Waals surface area contributed by atoms with Crippen LogP contribution in [-0.2, 0) is 6.61 Å². The minimum Gasteiger partial charge on any atom is -0.489 e. The quantitative estimate of drug-likeness (QED) is 0.390. The molecule has 0 radical (unpaired) electrons. The van der Waals surface area contributed by atoms with E-state index in [4.69, 9.17) is 10.6 Å². The first-order valence-electron chi connectivity index (χ1n) is 6.57. The Bertz CT molecular complexity index is 766. The lowest BCUT2D eigenvalue weighted by Crippen LogP contribution is -2.30. The van der Waals surface area contributed by atoms with Crippen molar-refractivity contribution < 1.29 is 9.53 Å². The van der Waals surface area contributed by atoms with Crippen molar-refractivity contribution in [3.8, 4) is 5.75 Å². The molecule has 0 aliphatic heterocycles. The fraction of sp³-hybridized carbons (Fsp3) is 0.0625. The Morgan fingerprint density at radius 3 is 2.71 bits per heavy atom. The first kappa shape index (κ1) is 13.2. The normalized spacial score (nSPS) is 10.5. The molecule has 0 spiro atoms. The monoisotopic (exact) mass is 281 g/mol. The number of aromatic nitrogens is 1. The number of hydrogen-bond acceptors (Lipinski definition) is 3. The maximum absolute atomic E-state index is 11.5. The highest BCUT2D eigenvalue weighted by molar-refractivity contribution is 5.97. The molecule has 0 bridgehead atoms. The SMILES string of the molecule is NNC(=O)c1cc2ccc(OCc3ccccc3)cc2[nH]1. The molecule has 5 heteroatoms. The molecule has 4 N–H and O–H groups in total. The summed E-state index contributed by atoms with van der Waals surface area (Å²) in [6, 6.07) is 17.3. The van der Waals surface area contributed by atoms with Crippen molar-refractivity contribution in [3.05, 3.63) is 65.9 Å². The average Bonchev–Trinajstić information content (AvgIpc) is 2.96. The smallest absolute Gasteiger partial charge is 0.281 e. The standard InChI is InChI=1S/C16H15N3O2/c17-19-16(20)15-8-12-6-7-13(9-14(12)18-15)21-10-11-4-2-1-3-5-11/h1-9,18H,10,17H2,(H,19,20). The zero-order valence-electron chi connectivity index (χ0n) is 11.3. The summed E-state index contributed by atoms with van der Waals surface area (Å²) in [5.74, 6) is 5.52. The van der Waals surface area contributed by atoms with Gasteiger partial charge in [-0.15, -0.1) is 0 Å². The van der Waals surface area contributed by atoms with Crippen molar-refractivity contribution >= 4 is 16.8 Å². The van der Waals surface area contributed by atoms with Crippen molar-refractivity contribution in [1.29, 1.82) is 0 Å². The number of carbonyl (C=O) groups is 1. The second-order valence-corrected chi connectivity index (χ2v) is 4.68. The molecular formula is C16H15N3O2. The Hall–Kier alpha value is -2.79. The molecule has 21 heavy (non-hydrogen) atoms. The van der Waals surface area contributed by atoms with Crippen LogP contribution in [0.2, 0.25) is 0 Å². The lowest BCUT2D eigenvalue weighted by Gasteiger charge is -2.06. The number of nitrogens with two attached hydrogens (primary N) is 1. The van der Waals surface area contributed by atoms with Crippen LogP contribution < -0.4 is 16.0 Å². The highest BCUT2D eigenvalue weighted by Gasteiger charge is 2.08. The number of nitrogen functional groups attached to an aromatic ring is 1. The second-order valence-electron chi connectivity index (χ2n) is 4.68. The maximum Gasteiger partial charge on any atom is 0.281 e. The lowest BCUT2D eigenvalue weighted by atomic mass is 10.2. The highest BCUT2D eigenvalue weighted by Crippen LogP contribution is 2.22. The number of rotatable bonds is 4. The van der Waals surface area contributed by atoms with Gasteiger partial charge in [0, 0.05) is 17.0 Å². The van der Waals surface area contributed by atoms with Crippen molar-refractivity contribution in [2.75, 3.05) is 0 Å². The third-order valence-corrected chi connectivity index (χ3v) is 3.22. The Labute approximate surface area is 121 Å². The van der Waals surface area contributed by atoms with Gasteiger partial charge in [-0.3, -0.25) is 10.2 Å². The molecule has 0 aliphatic rings. The summed E-state index contributed by atoms with van der Waals surface area (Å²) in [5.41, 5.74) is 4.46. The van der Waals surface area contributed by atoms with E-state index in [0.717, 1.165) is 22.2 Å². The van der Waals surface area contributed by atoms with Crippen LogP contribution in [-0.4, -0.2) is 10.9 Å². The van der Waals surface area contributed by atoms with Gasteiger partial charge in [0.15, 0.2) is 0 Å². The molecule has 1 aromatic heterocycles. The molecule has 2 aromatic carbocycles. The predicted octanol–water partition coefficient (Wildman–Crippen LogP) is 2.35. The molecule has 0 saturated carbocycles. The molecule has 1 amide bonds. The number of benzene rings is 2. The molecular weight excluding hydrogens is 266 g/mol. The minimum absolute atomic E-state index is 0.349. The molecule has 3 aromatic rings. The van der Waals surface area contributed by atoms with Gasteiger partial charge in [0.2, 0.25) is 0 Å². The van der Waals surface area contributed by atoms with Gasteiger partial charge in [0.25, 0.3) is 5.91 Å². The molecule has 5 nitrogen and oxygen atoms in total. The molecule has 0 saturated heterocycles. The number of ether oxygens (including phenoxy) is 1. The summed E-state index contributed by atoms with van der Waals surface area (Å²) in [4.78, 5) is 14.5. The van der Waals surface area contributed by atoms with E-state index >= 15 is 0 Å². The number of amides is 1. The summed E-state index contributed by atoms with van der Waals surface area (Å²) in [6.45, 7) is 0.503. The van der Waals surface area contributed by atoms with E-state index < -0.39 is 0 Å². The molecule has 0 atom stereocenters. The number of hydrogen-bond donors (Lipinski definition) is 3. The number of hydrazine groups is 1. The molecule has 1 heterocycles. The van der Waals surface area contributed by atoms with Crippen molar-refractivity contribution in [2.24, 2.45) is 5.84 Å². The van der Waals surface area contributed by atoms with Gasteiger partial charge < -0.3 is 9.72 Å². The maximum atomic E-state index is 11.5. The van der Waals surface area contributed by atoms with Crippen LogP contribution in [0.1, 0.15) is 16.1 Å². The van der Waals surface area contributed by atoms with Gasteiger partial charge in [-0.2, -0.15) is 0 Å². The topological polar surface area (TPSA) is 80.1 Å². The van der Waals surface area contributed by atoms with Gasteiger partial charge in [-0.05, 0) is 23.8 Å². The summed E-state index contributed by atoms with van der Waals surface area (Å²) < 4.78 is 5.75. The van der Waals surface area contributed by atoms with Crippen LogP contribution in [0, 0.1) is 0 Å². The van der Waals surface area contributed by atoms with Crippen LogP contribution in [0.4, 0.5) is 0 Å². The summed E-state index contributed by atoms with van der Waals surface area (Å²) >= 11 is 0. The molecule has 0 aliphatic carbocycles. The van der Waals surface area contributed by atoms with E-state index in [-0.39, 0.29) is 5.91 Å². The van der Waals surface area contributed by atoms with Gasteiger partial charge >= 0.3 is 0 Å². The van der Waals surface area contributed by atoms with Crippen LogP contribution in [0.25, 0.3) is 10.9 Å². The third kappa shape index (κ3) is 2.88. The van der Waals surface area contributed by atoms with E-state index in [1.807, 2.05) is 48.5 Å². The Morgan fingerprint density at radius 2 is 1.95 bits per heavy atom. The van der Waals surface area contributed by atoms with Crippen molar-refractivity contribution in [3.63, 3.8) is 0 Å². The number of carbonyl (C=O) groups excluding carboxylic acids is 1. The van der Waals surface area contributed by atoms with E-state index in [1.54, 1.807) is 6.07 Å². The van der Waals surface area contributed by atoms with Gasteiger partial charge in [0.1, 0.15) is 18.1 Å². The predicted molar refractivity (Wildman–Crippen MR) is 80.7 cm³/mol.